The molecule has 2 atom stereocenters. The maximum Gasteiger partial charge on any atom is 0.306 e. The predicted molar refractivity (Wildman–Crippen MR) is 57.1 cm³/mol. The first-order chi connectivity index (χ1) is 7.74. The van der Waals surface area contributed by atoms with Crippen LogP contribution in [0.2, 0.25) is 0 Å². The van der Waals surface area contributed by atoms with Crippen LogP contribution in [0, 0.1) is 5.92 Å². The molecule has 0 aromatic heterocycles. The van der Waals surface area contributed by atoms with Gasteiger partial charge in [-0.05, 0) is 31.8 Å². The maximum absolute atomic E-state index is 10.5. The molecule has 2 N–H and O–H groups in total. The molecule has 0 aromatic carbocycles. The molecule has 0 radical (unpaired) electrons. The molecule has 2 aliphatic heterocycles. The lowest BCUT2D eigenvalue weighted by atomic mass is 9.94. The standard InChI is InChI=1S/C11H19NO4/c13-10(14)6-9-7-15-11(16-9)5-8-1-3-12-4-2-8/h8-9,11-12H,1-7H2,(H,13,14). The highest BCUT2D eigenvalue weighted by Gasteiger charge is 2.30. The minimum absolute atomic E-state index is 0.0444. The summed E-state index contributed by atoms with van der Waals surface area (Å²) in [6, 6.07) is 0. The summed E-state index contributed by atoms with van der Waals surface area (Å²) in [5.74, 6) is -0.175. The van der Waals surface area contributed by atoms with E-state index in [1.807, 2.05) is 0 Å². The van der Waals surface area contributed by atoms with Gasteiger partial charge in [-0.25, -0.2) is 0 Å². The Hall–Kier alpha value is -0.650. The first-order valence-electron chi connectivity index (χ1n) is 5.93. The molecule has 0 bridgehead atoms. The van der Waals surface area contributed by atoms with Crippen molar-refractivity contribution in [3.05, 3.63) is 0 Å². The highest BCUT2D eigenvalue weighted by atomic mass is 16.7. The van der Waals surface area contributed by atoms with Gasteiger partial charge in [0.25, 0.3) is 0 Å². The highest BCUT2D eigenvalue weighted by molar-refractivity contribution is 5.67. The lowest BCUT2D eigenvalue weighted by Crippen LogP contribution is -2.30. The Morgan fingerprint density at radius 2 is 2.12 bits per heavy atom. The van der Waals surface area contributed by atoms with Crippen molar-refractivity contribution in [2.45, 2.75) is 38.1 Å². The van der Waals surface area contributed by atoms with Crippen LogP contribution in [0.3, 0.4) is 0 Å². The van der Waals surface area contributed by atoms with E-state index in [0.29, 0.717) is 12.5 Å². The van der Waals surface area contributed by atoms with Crippen molar-refractivity contribution in [3.63, 3.8) is 0 Å². The summed E-state index contributed by atoms with van der Waals surface area (Å²) < 4.78 is 11.0. The van der Waals surface area contributed by atoms with E-state index in [1.54, 1.807) is 0 Å². The molecule has 16 heavy (non-hydrogen) atoms. The van der Waals surface area contributed by atoms with E-state index >= 15 is 0 Å². The number of rotatable bonds is 4. The lowest BCUT2D eigenvalue weighted by Gasteiger charge is -2.24. The zero-order chi connectivity index (χ0) is 11.4. The Morgan fingerprint density at radius 3 is 2.81 bits per heavy atom. The molecule has 2 unspecified atom stereocenters. The van der Waals surface area contributed by atoms with Crippen LogP contribution in [0.1, 0.15) is 25.7 Å². The zero-order valence-corrected chi connectivity index (χ0v) is 9.35. The number of piperidine rings is 1. The Bertz CT molecular complexity index is 240. The number of carboxylic acids is 1. The SMILES string of the molecule is O=C(O)CC1COC(CC2CCNCC2)O1. The molecule has 2 aliphatic rings. The third-order valence-corrected chi connectivity index (χ3v) is 3.20. The zero-order valence-electron chi connectivity index (χ0n) is 9.35. The fourth-order valence-electron chi connectivity index (χ4n) is 2.32. The fraction of sp³-hybridized carbons (Fsp3) is 0.909. The minimum atomic E-state index is -0.823. The third-order valence-electron chi connectivity index (χ3n) is 3.20. The topological polar surface area (TPSA) is 67.8 Å². The van der Waals surface area contributed by atoms with Crippen LogP contribution < -0.4 is 5.32 Å². The average molecular weight is 229 g/mol. The van der Waals surface area contributed by atoms with Gasteiger partial charge >= 0.3 is 5.97 Å². The van der Waals surface area contributed by atoms with E-state index in [2.05, 4.69) is 5.32 Å². The summed E-state index contributed by atoms with van der Waals surface area (Å²) >= 11 is 0. The van der Waals surface area contributed by atoms with Gasteiger partial charge in [-0.3, -0.25) is 4.79 Å². The molecular weight excluding hydrogens is 210 g/mol. The molecule has 0 amide bonds. The largest absolute Gasteiger partial charge is 0.481 e. The molecular formula is C11H19NO4. The van der Waals surface area contributed by atoms with E-state index in [-0.39, 0.29) is 18.8 Å². The molecule has 92 valence electrons. The van der Waals surface area contributed by atoms with Gasteiger partial charge in [-0.1, -0.05) is 0 Å². The van der Waals surface area contributed by atoms with Crippen molar-refractivity contribution >= 4 is 5.97 Å². The number of hydrogen-bond donors (Lipinski definition) is 2. The molecule has 0 aliphatic carbocycles. The van der Waals surface area contributed by atoms with Gasteiger partial charge in [0.1, 0.15) is 0 Å². The fourth-order valence-corrected chi connectivity index (χ4v) is 2.32. The van der Waals surface area contributed by atoms with Crippen LogP contribution in [0.25, 0.3) is 0 Å². The summed E-state index contributed by atoms with van der Waals surface area (Å²) in [7, 11) is 0. The molecule has 2 fully saturated rings. The van der Waals surface area contributed by atoms with E-state index in [9.17, 15) is 4.79 Å². The van der Waals surface area contributed by atoms with Crippen molar-refractivity contribution in [2.75, 3.05) is 19.7 Å². The van der Waals surface area contributed by atoms with E-state index in [4.69, 9.17) is 14.6 Å². The molecule has 0 spiro atoms. The quantitative estimate of drug-likeness (QED) is 0.738. The Morgan fingerprint density at radius 1 is 1.38 bits per heavy atom. The van der Waals surface area contributed by atoms with Crippen LogP contribution in [0.4, 0.5) is 0 Å². The van der Waals surface area contributed by atoms with Crippen LogP contribution >= 0.6 is 0 Å². The van der Waals surface area contributed by atoms with Gasteiger partial charge in [0.15, 0.2) is 6.29 Å². The number of carboxylic acid groups (broad SMARTS) is 1. The van der Waals surface area contributed by atoms with Gasteiger partial charge < -0.3 is 19.9 Å². The second-order valence-corrected chi connectivity index (χ2v) is 4.55. The maximum atomic E-state index is 10.5. The monoisotopic (exact) mass is 229 g/mol. The summed E-state index contributed by atoms with van der Waals surface area (Å²) in [6.45, 7) is 2.55. The van der Waals surface area contributed by atoms with Gasteiger partial charge in [0, 0.05) is 6.42 Å². The number of nitrogens with one attached hydrogen (secondary N) is 1. The molecule has 0 saturated carbocycles. The van der Waals surface area contributed by atoms with Crippen LogP contribution in [0.15, 0.2) is 0 Å². The Kier molecular flexibility index (Phi) is 4.15. The summed E-state index contributed by atoms with van der Waals surface area (Å²) in [5, 5.41) is 12.0. The molecule has 2 saturated heterocycles. The van der Waals surface area contributed by atoms with Crippen LogP contribution in [-0.4, -0.2) is 43.2 Å². The molecule has 0 aromatic rings. The van der Waals surface area contributed by atoms with E-state index in [0.717, 1.165) is 32.4 Å². The summed E-state index contributed by atoms with van der Waals surface area (Å²) in [4.78, 5) is 10.5. The average Bonchev–Trinajstić information content (AvgIpc) is 2.66. The molecule has 5 nitrogen and oxygen atoms in total. The second-order valence-electron chi connectivity index (χ2n) is 4.55. The first-order valence-corrected chi connectivity index (χ1v) is 5.93. The summed E-state index contributed by atoms with van der Waals surface area (Å²) in [6.07, 6.45) is 2.82. The van der Waals surface area contributed by atoms with Crippen molar-refractivity contribution in [2.24, 2.45) is 5.92 Å². The Labute approximate surface area is 95.1 Å². The van der Waals surface area contributed by atoms with Gasteiger partial charge in [-0.2, -0.15) is 0 Å². The van der Waals surface area contributed by atoms with Gasteiger partial charge in [-0.15, -0.1) is 0 Å². The van der Waals surface area contributed by atoms with Gasteiger partial charge in [0.05, 0.1) is 19.1 Å². The number of aliphatic carboxylic acids is 1. The molecule has 2 rings (SSSR count). The van der Waals surface area contributed by atoms with Crippen molar-refractivity contribution in [1.29, 1.82) is 0 Å². The first kappa shape index (κ1) is 11.8. The van der Waals surface area contributed by atoms with Crippen molar-refractivity contribution < 1.29 is 19.4 Å². The third kappa shape index (κ3) is 3.43. The predicted octanol–water partition coefficient (Wildman–Crippen LogP) is 0.592. The smallest absolute Gasteiger partial charge is 0.306 e. The minimum Gasteiger partial charge on any atom is -0.481 e. The highest BCUT2D eigenvalue weighted by Crippen LogP contribution is 2.24. The van der Waals surface area contributed by atoms with E-state index < -0.39 is 5.97 Å². The molecule has 2 heterocycles. The van der Waals surface area contributed by atoms with Crippen molar-refractivity contribution in [1.82, 2.24) is 5.32 Å². The number of carbonyl (C=O) groups is 1. The van der Waals surface area contributed by atoms with Crippen molar-refractivity contribution in [3.8, 4) is 0 Å². The second kappa shape index (κ2) is 5.61. The van der Waals surface area contributed by atoms with Gasteiger partial charge in [0.2, 0.25) is 0 Å². The van der Waals surface area contributed by atoms with Crippen LogP contribution in [0.5, 0.6) is 0 Å². The normalized spacial score (nSPS) is 31.8. The molecule has 5 heteroatoms. The number of hydrogen-bond acceptors (Lipinski definition) is 4. The van der Waals surface area contributed by atoms with Crippen LogP contribution in [-0.2, 0) is 14.3 Å². The summed E-state index contributed by atoms with van der Waals surface area (Å²) in [5.41, 5.74) is 0. The van der Waals surface area contributed by atoms with E-state index in [1.165, 1.54) is 0 Å². The lowest BCUT2D eigenvalue weighted by molar-refractivity contribution is -0.140. The number of ether oxygens (including phenoxy) is 2. The Balaban J connectivity index is 1.69.